The van der Waals surface area contributed by atoms with E-state index in [9.17, 15) is 0 Å². The molecule has 2 rings (SSSR count). The van der Waals surface area contributed by atoms with Crippen LogP contribution in [0.4, 0.5) is 0 Å². The van der Waals surface area contributed by atoms with Crippen LogP contribution in [0.1, 0.15) is 38.2 Å². The zero-order valence-electron chi connectivity index (χ0n) is 12.3. The minimum Gasteiger partial charge on any atom is -0.385 e. The van der Waals surface area contributed by atoms with Gasteiger partial charge in [0.05, 0.1) is 6.20 Å². The second-order valence-electron chi connectivity index (χ2n) is 5.58. The highest BCUT2D eigenvalue weighted by atomic mass is 16.5. The van der Waals surface area contributed by atoms with Gasteiger partial charge in [0.1, 0.15) is 0 Å². The first-order valence-electron chi connectivity index (χ1n) is 7.54. The Bertz CT molecular complexity index is 364. The Balaban J connectivity index is 1.77. The Morgan fingerprint density at radius 2 is 2.37 bits per heavy atom. The van der Waals surface area contributed by atoms with Gasteiger partial charge in [-0.1, -0.05) is 0 Å². The quantitative estimate of drug-likeness (QED) is 0.710. The molecule has 0 radical (unpaired) electrons. The Morgan fingerprint density at radius 1 is 1.47 bits per heavy atom. The number of rotatable bonds is 7. The van der Waals surface area contributed by atoms with Gasteiger partial charge in [-0.2, -0.15) is 5.10 Å². The first kappa shape index (κ1) is 14.5. The molecule has 1 aliphatic heterocycles. The van der Waals surface area contributed by atoms with Crippen LogP contribution in [0, 0.1) is 5.92 Å². The van der Waals surface area contributed by atoms with E-state index < -0.39 is 0 Å². The van der Waals surface area contributed by atoms with Crippen molar-refractivity contribution in [3.8, 4) is 0 Å². The summed E-state index contributed by atoms with van der Waals surface area (Å²) in [6, 6.07) is 0. The molecule has 108 valence electrons. The lowest BCUT2D eigenvalue weighted by atomic mass is 9.93. The van der Waals surface area contributed by atoms with E-state index in [2.05, 4.69) is 23.1 Å². The Labute approximate surface area is 116 Å². The van der Waals surface area contributed by atoms with Crippen molar-refractivity contribution >= 4 is 0 Å². The molecule has 4 heteroatoms. The molecule has 1 aliphatic rings. The third kappa shape index (κ3) is 4.62. The first-order valence-corrected chi connectivity index (χ1v) is 7.54. The van der Waals surface area contributed by atoms with Crippen LogP contribution in [0.25, 0.3) is 0 Å². The molecule has 1 aromatic heterocycles. The summed E-state index contributed by atoms with van der Waals surface area (Å²) in [7, 11) is 1.79. The molecule has 19 heavy (non-hydrogen) atoms. The molecule has 1 aromatic rings. The molecule has 0 unspecified atom stereocenters. The summed E-state index contributed by atoms with van der Waals surface area (Å²) in [6.07, 6.45) is 9.40. The van der Waals surface area contributed by atoms with E-state index in [-0.39, 0.29) is 0 Å². The molecule has 2 heterocycles. The van der Waals surface area contributed by atoms with Gasteiger partial charge >= 0.3 is 0 Å². The molecule has 0 N–H and O–H groups in total. The molecule has 1 fully saturated rings. The van der Waals surface area contributed by atoms with Gasteiger partial charge in [-0.3, -0.25) is 9.58 Å². The predicted molar refractivity (Wildman–Crippen MR) is 77.0 cm³/mol. The van der Waals surface area contributed by atoms with Crippen LogP contribution in [0.5, 0.6) is 0 Å². The average Bonchev–Trinajstić information content (AvgIpc) is 2.87. The first-order chi connectivity index (χ1) is 9.31. The second kappa shape index (κ2) is 7.65. The van der Waals surface area contributed by atoms with E-state index in [0.29, 0.717) is 0 Å². The van der Waals surface area contributed by atoms with E-state index >= 15 is 0 Å². The maximum absolute atomic E-state index is 5.15. The minimum atomic E-state index is 0.852. The van der Waals surface area contributed by atoms with Gasteiger partial charge in [-0.25, -0.2) is 0 Å². The van der Waals surface area contributed by atoms with Crippen LogP contribution in [-0.2, 0) is 17.8 Å². The SMILES string of the molecule is CCn1cc(CN2CCC[C@H](CCCOC)C2)cn1. The number of hydrogen-bond acceptors (Lipinski definition) is 3. The van der Waals surface area contributed by atoms with Gasteiger partial charge in [0.25, 0.3) is 0 Å². The molecule has 4 nitrogen and oxygen atoms in total. The molecule has 0 spiro atoms. The maximum Gasteiger partial charge on any atom is 0.0534 e. The summed E-state index contributed by atoms with van der Waals surface area (Å²) in [4.78, 5) is 2.58. The van der Waals surface area contributed by atoms with Crippen molar-refractivity contribution in [1.82, 2.24) is 14.7 Å². The highest BCUT2D eigenvalue weighted by Crippen LogP contribution is 2.22. The van der Waals surface area contributed by atoms with Crippen LogP contribution < -0.4 is 0 Å². The van der Waals surface area contributed by atoms with E-state index in [1.165, 1.54) is 44.3 Å². The topological polar surface area (TPSA) is 30.3 Å². The fraction of sp³-hybridized carbons (Fsp3) is 0.800. The van der Waals surface area contributed by atoms with Gasteiger partial charge in [-0.15, -0.1) is 0 Å². The van der Waals surface area contributed by atoms with E-state index in [1.807, 2.05) is 10.9 Å². The van der Waals surface area contributed by atoms with Crippen molar-refractivity contribution < 1.29 is 4.74 Å². The zero-order valence-corrected chi connectivity index (χ0v) is 12.3. The number of nitrogens with zero attached hydrogens (tertiary/aromatic N) is 3. The van der Waals surface area contributed by atoms with Crippen molar-refractivity contribution in [1.29, 1.82) is 0 Å². The van der Waals surface area contributed by atoms with Crippen molar-refractivity contribution in [2.75, 3.05) is 26.8 Å². The van der Waals surface area contributed by atoms with Gasteiger partial charge in [0.2, 0.25) is 0 Å². The zero-order chi connectivity index (χ0) is 13.5. The number of piperidine rings is 1. The van der Waals surface area contributed by atoms with E-state index in [1.54, 1.807) is 7.11 Å². The number of aryl methyl sites for hydroxylation is 1. The van der Waals surface area contributed by atoms with Crippen molar-refractivity contribution in [2.45, 2.75) is 45.7 Å². The van der Waals surface area contributed by atoms with Crippen LogP contribution in [-0.4, -0.2) is 41.5 Å². The molecular formula is C15H27N3O. The summed E-state index contributed by atoms with van der Waals surface area (Å²) in [5.41, 5.74) is 1.35. The summed E-state index contributed by atoms with van der Waals surface area (Å²) in [5, 5.41) is 4.35. The largest absolute Gasteiger partial charge is 0.385 e. The number of ether oxygens (including phenoxy) is 1. The highest BCUT2D eigenvalue weighted by molar-refractivity contribution is 5.03. The van der Waals surface area contributed by atoms with Crippen molar-refractivity contribution in [3.05, 3.63) is 18.0 Å². The van der Waals surface area contributed by atoms with Crippen molar-refractivity contribution in [2.24, 2.45) is 5.92 Å². The molecule has 1 atom stereocenters. The third-order valence-electron chi connectivity index (χ3n) is 3.98. The smallest absolute Gasteiger partial charge is 0.0534 e. The Kier molecular flexibility index (Phi) is 5.86. The Hall–Kier alpha value is -0.870. The van der Waals surface area contributed by atoms with Gasteiger partial charge in [-0.05, 0) is 45.1 Å². The van der Waals surface area contributed by atoms with Gasteiger partial charge in [0, 0.05) is 45.1 Å². The summed E-state index contributed by atoms with van der Waals surface area (Å²) >= 11 is 0. The van der Waals surface area contributed by atoms with Crippen LogP contribution in [0.3, 0.4) is 0 Å². The second-order valence-corrected chi connectivity index (χ2v) is 5.58. The molecule has 0 amide bonds. The van der Waals surface area contributed by atoms with Crippen molar-refractivity contribution in [3.63, 3.8) is 0 Å². The van der Waals surface area contributed by atoms with Gasteiger partial charge in [0.15, 0.2) is 0 Å². The third-order valence-corrected chi connectivity index (χ3v) is 3.98. The average molecular weight is 265 g/mol. The standard InChI is InChI=1S/C15H27N3O/c1-3-18-13-15(10-16-18)12-17-8-4-6-14(11-17)7-5-9-19-2/h10,13-14H,3-9,11-12H2,1-2H3/t14-/m1/s1. The van der Waals surface area contributed by atoms with Gasteiger partial charge < -0.3 is 4.74 Å². The number of methoxy groups -OCH3 is 1. The van der Waals surface area contributed by atoms with E-state index in [0.717, 1.165) is 25.6 Å². The number of likely N-dealkylation sites (tertiary alicyclic amines) is 1. The summed E-state index contributed by atoms with van der Waals surface area (Å²) in [6.45, 7) is 7.52. The van der Waals surface area contributed by atoms with Crippen LogP contribution in [0.15, 0.2) is 12.4 Å². The maximum atomic E-state index is 5.15. The lowest BCUT2D eigenvalue weighted by molar-refractivity contribution is 0.142. The summed E-state index contributed by atoms with van der Waals surface area (Å²) < 4.78 is 7.16. The fourth-order valence-electron chi connectivity index (χ4n) is 2.97. The normalized spacial score (nSPS) is 20.8. The highest BCUT2D eigenvalue weighted by Gasteiger charge is 2.19. The molecule has 0 saturated carbocycles. The predicted octanol–water partition coefficient (Wildman–Crippen LogP) is 2.54. The number of hydrogen-bond donors (Lipinski definition) is 0. The molecule has 0 bridgehead atoms. The lowest BCUT2D eigenvalue weighted by Gasteiger charge is -2.32. The molecule has 0 aliphatic carbocycles. The monoisotopic (exact) mass is 265 g/mol. The van der Waals surface area contributed by atoms with E-state index in [4.69, 9.17) is 4.74 Å². The molecule has 1 saturated heterocycles. The fourth-order valence-corrected chi connectivity index (χ4v) is 2.97. The summed E-state index contributed by atoms with van der Waals surface area (Å²) in [5.74, 6) is 0.852. The minimum absolute atomic E-state index is 0.852. The molecule has 0 aromatic carbocycles. The van der Waals surface area contributed by atoms with Crippen LogP contribution in [0.2, 0.25) is 0 Å². The molecular weight excluding hydrogens is 238 g/mol. The number of aromatic nitrogens is 2. The lowest BCUT2D eigenvalue weighted by Crippen LogP contribution is -2.34. The Morgan fingerprint density at radius 3 is 3.11 bits per heavy atom. The van der Waals surface area contributed by atoms with Crippen LogP contribution >= 0.6 is 0 Å².